The average Bonchev–Trinajstić information content (AvgIpc) is 2.80. The lowest BCUT2D eigenvalue weighted by Gasteiger charge is -2.15. The Hall–Kier alpha value is -2.90. The van der Waals surface area contributed by atoms with Gasteiger partial charge in [-0.15, -0.1) is 0 Å². The smallest absolute Gasteiger partial charge is 0.238 e. The third-order valence-corrected chi connectivity index (χ3v) is 6.59. The Morgan fingerprint density at radius 2 is 1.67 bits per heavy atom. The SMILES string of the molecule is NS(=O)(=O)c1ccc(CCNCc2c(OCc3cccc(Cl)c3)ccc3ccccc23)cc1. The van der Waals surface area contributed by atoms with Crippen LogP contribution < -0.4 is 15.2 Å². The van der Waals surface area contributed by atoms with E-state index in [0.717, 1.165) is 46.2 Å². The van der Waals surface area contributed by atoms with Crippen LogP contribution >= 0.6 is 11.6 Å². The molecule has 0 unspecified atom stereocenters. The van der Waals surface area contributed by atoms with E-state index in [2.05, 4.69) is 23.5 Å². The van der Waals surface area contributed by atoms with E-state index in [-0.39, 0.29) is 4.90 Å². The van der Waals surface area contributed by atoms with E-state index in [1.807, 2.05) is 42.5 Å². The summed E-state index contributed by atoms with van der Waals surface area (Å²) in [6.45, 7) is 1.80. The lowest BCUT2D eigenvalue weighted by molar-refractivity contribution is 0.303. The summed E-state index contributed by atoms with van der Waals surface area (Å²) in [6, 6.07) is 26.6. The fourth-order valence-corrected chi connectivity index (χ4v) is 4.44. The highest BCUT2D eigenvalue weighted by Gasteiger charge is 2.10. The van der Waals surface area contributed by atoms with Gasteiger partial charge in [-0.3, -0.25) is 0 Å². The number of ether oxygens (including phenoxy) is 1. The van der Waals surface area contributed by atoms with Crippen molar-refractivity contribution in [3.63, 3.8) is 0 Å². The molecule has 0 fully saturated rings. The number of fused-ring (bicyclic) bond motifs is 1. The minimum atomic E-state index is -3.67. The Morgan fingerprint density at radius 3 is 2.42 bits per heavy atom. The first-order valence-electron chi connectivity index (χ1n) is 10.6. The third-order valence-electron chi connectivity index (χ3n) is 5.43. The normalized spacial score (nSPS) is 11.6. The lowest BCUT2D eigenvalue weighted by atomic mass is 10.0. The van der Waals surface area contributed by atoms with Gasteiger partial charge in [-0.25, -0.2) is 13.6 Å². The predicted octanol–water partition coefficient (Wildman–Crippen LogP) is 5.05. The molecule has 5 nitrogen and oxygen atoms in total. The van der Waals surface area contributed by atoms with Gasteiger partial charge < -0.3 is 10.1 Å². The maximum Gasteiger partial charge on any atom is 0.238 e. The molecule has 7 heteroatoms. The van der Waals surface area contributed by atoms with Crippen molar-refractivity contribution < 1.29 is 13.2 Å². The van der Waals surface area contributed by atoms with Gasteiger partial charge >= 0.3 is 0 Å². The number of rotatable bonds is 9. The molecule has 170 valence electrons. The topological polar surface area (TPSA) is 81.4 Å². The van der Waals surface area contributed by atoms with E-state index in [1.54, 1.807) is 12.1 Å². The van der Waals surface area contributed by atoms with E-state index in [0.29, 0.717) is 18.2 Å². The molecular formula is C26H25ClN2O3S. The number of nitrogens with one attached hydrogen (secondary N) is 1. The minimum absolute atomic E-state index is 0.122. The molecule has 0 atom stereocenters. The third kappa shape index (κ3) is 6.12. The molecule has 0 aromatic heterocycles. The maximum absolute atomic E-state index is 11.4. The van der Waals surface area contributed by atoms with Crippen LogP contribution in [0, 0.1) is 0 Å². The molecule has 0 radical (unpaired) electrons. The molecule has 0 saturated heterocycles. The largest absolute Gasteiger partial charge is 0.489 e. The number of halogens is 1. The van der Waals surface area contributed by atoms with Crippen LogP contribution in [0.1, 0.15) is 16.7 Å². The van der Waals surface area contributed by atoms with Crippen LogP contribution in [-0.4, -0.2) is 15.0 Å². The van der Waals surface area contributed by atoms with Crippen molar-refractivity contribution in [3.05, 3.63) is 107 Å². The minimum Gasteiger partial charge on any atom is -0.489 e. The molecule has 0 saturated carbocycles. The van der Waals surface area contributed by atoms with E-state index in [4.69, 9.17) is 21.5 Å². The van der Waals surface area contributed by atoms with Crippen molar-refractivity contribution in [2.45, 2.75) is 24.5 Å². The number of nitrogens with two attached hydrogens (primary N) is 1. The second kappa shape index (κ2) is 10.4. The molecule has 33 heavy (non-hydrogen) atoms. The zero-order chi connectivity index (χ0) is 23.3. The molecule has 4 aromatic rings. The summed E-state index contributed by atoms with van der Waals surface area (Å²) in [6.07, 6.45) is 0.758. The van der Waals surface area contributed by atoms with E-state index >= 15 is 0 Å². The Balaban J connectivity index is 1.44. The zero-order valence-electron chi connectivity index (χ0n) is 18.0. The molecule has 0 heterocycles. The molecule has 3 N–H and O–H groups in total. The second-order valence-corrected chi connectivity index (χ2v) is 9.80. The van der Waals surface area contributed by atoms with E-state index in [9.17, 15) is 8.42 Å². The van der Waals surface area contributed by atoms with Crippen molar-refractivity contribution in [1.29, 1.82) is 0 Å². The quantitative estimate of drug-likeness (QED) is 0.328. The fraction of sp³-hybridized carbons (Fsp3) is 0.154. The number of hydrogen-bond donors (Lipinski definition) is 2. The molecule has 0 bridgehead atoms. The number of benzene rings is 4. The van der Waals surface area contributed by atoms with Crippen molar-refractivity contribution in [2.75, 3.05) is 6.54 Å². The van der Waals surface area contributed by atoms with Crippen LogP contribution in [0.5, 0.6) is 5.75 Å². The van der Waals surface area contributed by atoms with Gasteiger partial charge in [0.1, 0.15) is 12.4 Å². The van der Waals surface area contributed by atoms with Crippen LogP contribution in [0.25, 0.3) is 10.8 Å². The number of hydrogen-bond acceptors (Lipinski definition) is 4. The van der Waals surface area contributed by atoms with Crippen LogP contribution in [0.3, 0.4) is 0 Å². The van der Waals surface area contributed by atoms with Gasteiger partial charge in [-0.05, 0) is 65.2 Å². The number of sulfonamides is 1. The maximum atomic E-state index is 11.4. The van der Waals surface area contributed by atoms with Gasteiger partial charge in [0, 0.05) is 17.1 Å². The fourth-order valence-electron chi connectivity index (χ4n) is 3.71. The highest BCUT2D eigenvalue weighted by Crippen LogP contribution is 2.29. The van der Waals surface area contributed by atoms with Crippen LogP contribution in [-0.2, 0) is 29.6 Å². The van der Waals surface area contributed by atoms with Crippen molar-refractivity contribution in [2.24, 2.45) is 5.14 Å². The van der Waals surface area contributed by atoms with Gasteiger partial charge in [0.05, 0.1) is 4.90 Å². The molecule has 0 aliphatic rings. The molecule has 0 amide bonds. The average molecular weight is 481 g/mol. The molecule has 4 aromatic carbocycles. The molecular weight excluding hydrogens is 456 g/mol. The standard InChI is InChI=1S/C26H25ClN2O3S/c27-22-6-3-4-20(16-22)18-32-26-13-10-21-5-1-2-7-24(21)25(26)17-29-15-14-19-8-11-23(12-9-19)33(28,30)31/h1-13,16,29H,14-15,17-18H2,(H2,28,30,31). The first-order chi connectivity index (χ1) is 15.9. The summed E-state index contributed by atoms with van der Waals surface area (Å²) in [5.74, 6) is 0.832. The van der Waals surface area contributed by atoms with Gasteiger partial charge in [0.2, 0.25) is 10.0 Å². The monoisotopic (exact) mass is 480 g/mol. The Labute approximate surface area is 199 Å². The van der Waals surface area contributed by atoms with E-state index in [1.165, 1.54) is 12.1 Å². The van der Waals surface area contributed by atoms with E-state index < -0.39 is 10.0 Å². The van der Waals surface area contributed by atoms with Gasteiger partial charge in [0.25, 0.3) is 0 Å². The summed E-state index contributed by atoms with van der Waals surface area (Å²) in [5.41, 5.74) is 3.14. The summed E-state index contributed by atoms with van der Waals surface area (Å²) < 4.78 is 29.0. The van der Waals surface area contributed by atoms with Crippen LogP contribution in [0.4, 0.5) is 0 Å². The summed E-state index contributed by atoms with van der Waals surface area (Å²) in [7, 11) is -3.67. The summed E-state index contributed by atoms with van der Waals surface area (Å²) in [4.78, 5) is 0.122. The van der Waals surface area contributed by atoms with Crippen molar-refractivity contribution >= 4 is 32.4 Å². The lowest BCUT2D eigenvalue weighted by Crippen LogP contribution is -2.18. The van der Waals surface area contributed by atoms with Gasteiger partial charge in [-0.1, -0.05) is 66.2 Å². The van der Waals surface area contributed by atoms with Crippen LogP contribution in [0.2, 0.25) is 5.02 Å². The number of primary sulfonamides is 1. The first-order valence-corrected chi connectivity index (χ1v) is 12.5. The highest BCUT2D eigenvalue weighted by atomic mass is 35.5. The first kappa shape index (κ1) is 23.3. The second-order valence-electron chi connectivity index (χ2n) is 7.80. The zero-order valence-corrected chi connectivity index (χ0v) is 19.6. The Morgan fingerprint density at radius 1 is 0.879 bits per heavy atom. The predicted molar refractivity (Wildman–Crippen MR) is 133 cm³/mol. The highest BCUT2D eigenvalue weighted by molar-refractivity contribution is 7.89. The summed E-state index contributed by atoms with van der Waals surface area (Å²) >= 11 is 6.10. The Bertz CT molecular complexity index is 1360. The molecule has 0 aliphatic carbocycles. The summed E-state index contributed by atoms with van der Waals surface area (Å²) in [5, 5.41) is 11.6. The van der Waals surface area contributed by atoms with Crippen molar-refractivity contribution in [1.82, 2.24) is 5.32 Å². The van der Waals surface area contributed by atoms with Crippen LogP contribution in [0.15, 0.2) is 89.8 Å². The van der Waals surface area contributed by atoms with Gasteiger partial charge in [0.15, 0.2) is 0 Å². The Kier molecular flexibility index (Phi) is 7.30. The van der Waals surface area contributed by atoms with Gasteiger partial charge in [-0.2, -0.15) is 0 Å². The molecule has 0 spiro atoms. The molecule has 4 rings (SSSR count). The van der Waals surface area contributed by atoms with Crippen molar-refractivity contribution in [3.8, 4) is 5.75 Å². The molecule has 0 aliphatic heterocycles.